The minimum absolute atomic E-state index is 0.100. The van der Waals surface area contributed by atoms with Crippen LogP contribution in [0, 0.1) is 0 Å². The second-order valence-electron chi connectivity index (χ2n) is 5.59. The van der Waals surface area contributed by atoms with Gasteiger partial charge in [-0.2, -0.15) is 8.42 Å². The van der Waals surface area contributed by atoms with Crippen LogP contribution in [0.2, 0.25) is 0 Å². The standard InChI is InChI=1S/C19H23BrO5S/c20-18-8-10-19(11-9-18)26(21,22)25-15-5-13-23-12-4-14-24-16-17-6-2-1-3-7-17/h1-3,6-11H,4-5,12-16H2. The van der Waals surface area contributed by atoms with E-state index in [1.54, 1.807) is 12.1 Å². The molecule has 0 bridgehead atoms. The zero-order valence-corrected chi connectivity index (χ0v) is 16.9. The van der Waals surface area contributed by atoms with Crippen molar-refractivity contribution in [1.29, 1.82) is 0 Å². The molecule has 0 aliphatic carbocycles. The largest absolute Gasteiger partial charge is 0.381 e. The first-order valence-electron chi connectivity index (χ1n) is 8.42. The van der Waals surface area contributed by atoms with Gasteiger partial charge in [0.2, 0.25) is 0 Å². The lowest BCUT2D eigenvalue weighted by Crippen LogP contribution is -2.10. The van der Waals surface area contributed by atoms with E-state index in [1.165, 1.54) is 12.1 Å². The normalized spacial score (nSPS) is 11.6. The summed E-state index contributed by atoms with van der Waals surface area (Å²) in [6.45, 7) is 2.36. The first-order chi connectivity index (χ1) is 12.6. The van der Waals surface area contributed by atoms with E-state index in [9.17, 15) is 8.42 Å². The molecule has 2 aromatic carbocycles. The van der Waals surface area contributed by atoms with Crippen molar-refractivity contribution in [3.8, 4) is 0 Å². The quantitative estimate of drug-likeness (QED) is 0.364. The minimum Gasteiger partial charge on any atom is -0.381 e. The summed E-state index contributed by atoms with van der Waals surface area (Å²) < 4.78 is 40.8. The number of hydrogen-bond acceptors (Lipinski definition) is 5. The highest BCUT2D eigenvalue weighted by molar-refractivity contribution is 9.10. The van der Waals surface area contributed by atoms with Crippen LogP contribution < -0.4 is 0 Å². The van der Waals surface area contributed by atoms with Gasteiger partial charge in [0, 0.05) is 24.3 Å². The fraction of sp³-hybridized carbons (Fsp3) is 0.368. The fourth-order valence-electron chi connectivity index (χ4n) is 2.13. The molecule has 0 aromatic heterocycles. The van der Waals surface area contributed by atoms with Crippen LogP contribution in [-0.2, 0) is 30.4 Å². The van der Waals surface area contributed by atoms with Crippen LogP contribution in [0.1, 0.15) is 18.4 Å². The van der Waals surface area contributed by atoms with Crippen LogP contribution in [0.15, 0.2) is 64.0 Å². The monoisotopic (exact) mass is 442 g/mol. The fourth-order valence-corrected chi connectivity index (χ4v) is 3.34. The number of ether oxygens (including phenoxy) is 2. The number of rotatable bonds is 12. The highest BCUT2D eigenvalue weighted by Gasteiger charge is 2.14. The molecule has 0 saturated heterocycles. The SMILES string of the molecule is O=S(=O)(OCCCOCCCOCc1ccccc1)c1ccc(Br)cc1. The molecule has 0 saturated carbocycles. The van der Waals surface area contributed by atoms with Crippen molar-refractivity contribution in [2.75, 3.05) is 26.4 Å². The highest BCUT2D eigenvalue weighted by Crippen LogP contribution is 2.16. The average Bonchev–Trinajstić information content (AvgIpc) is 2.64. The molecular formula is C19H23BrO5S. The van der Waals surface area contributed by atoms with Crippen LogP contribution >= 0.6 is 15.9 Å². The summed E-state index contributed by atoms with van der Waals surface area (Å²) in [5.74, 6) is 0. The van der Waals surface area contributed by atoms with Gasteiger partial charge < -0.3 is 9.47 Å². The van der Waals surface area contributed by atoms with Gasteiger partial charge in [0.25, 0.3) is 10.1 Å². The maximum Gasteiger partial charge on any atom is 0.296 e. The predicted molar refractivity (Wildman–Crippen MR) is 103 cm³/mol. The third kappa shape index (κ3) is 7.97. The summed E-state index contributed by atoms with van der Waals surface area (Å²) in [5, 5.41) is 0. The second-order valence-corrected chi connectivity index (χ2v) is 8.12. The van der Waals surface area contributed by atoms with Gasteiger partial charge in [-0.15, -0.1) is 0 Å². The summed E-state index contributed by atoms with van der Waals surface area (Å²) in [6.07, 6.45) is 1.31. The Balaban J connectivity index is 1.48. The topological polar surface area (TPSA) is 61.8 Å². The van der Waals surface area contributed by atoms with E-state index < -0.39 is 10.1 Å². The molecule has 0 heterocycles. The molecule has 2 aromatic rings. The molecule has 0 N–H and O–H groups in total. The Hall–Kier alpha value is -1.25. The molecule has 2 rings (SSSR count). The molecular weight excluding hydrogens is 420 g/mol. The van der Waals surface area contributed by atoms with E-state index in [4.69, 9.17) is 13.7 Å². The Labute approximate surface area is 163 Å². The lowest BCUT2D eigenvalue weighted by atomic mass is 10.2. The molecule has 0 aliphatic heterocycles. The zero-order chi connectivity index (χ0) is 18.7. The van der Waals surface area contributed by atoms with Crippen LogP contribution in [0.5, 0.6) is 0 Å². The zero-order valence-electron chi connectivity index (χ0n) is 14.5. The third-order valence-electron chi connectivity index (χ3n) is 3.46. The van der Waals surface area contributed by atoms with Gasteiger partial charge in [-0.1, -0.05) is 46.3 Å². The van der Waals surface area contributed by atoms with Gasteiger partial charge in [-0.25, -0.2) is 0 Å². The first-order valence-corrected chi connectivity index (χ1v) is 10.6. The average molecular weight is 443 g/mol. The van der Waals surface area contributed by atoms with Crippen LogP contribution in [0.25, 0.3) is 0 Å². The van der Waals surface area contributed by atoms with E-state index in [1.807, 2.05) is 30.3 Å². The van der Waals surface area contributed by atoms with E-state index in [2.05, 4.69) is 15.9 Å². The second kappa shape index (κ2) is 11.5. The smallest absolute Gasteiger partial charge is 0.296 e. The predicted octanol–water partition coefficient (Wildman–Crippen LogP) is 4.17. The van der Waals surface area contributed by atoms with E-state index in [-0.39, 0.29) is 11.5 Å². The molecule has 0 atom stereocenters. The molecule has 0 radical (unpaired) electrons. The van der Waals surface area contributed by atoms with Crippen molar-refractivity contribution in [3.63, 3.8) is 0 Å². The third-order valence-corrected chi connectivity index (χ3v) is 5.32. The molecule has 0 aliphatic rings. The molecule has 0 fully saturated rings. The Kier molecular flexibility index (Phi) is 9.28. The molecule has 26 heavy (non-hydrogen) atoms. The summed E-state index contributed by atoms with van der Waals surface area (Å²) in [6, 6.07) is 16.3. The Morgan fingerprint density at radius 1 is 0.769 bits per heavy atom. The lowest BCUT2D eigenvalue weighted by Gasteiger charge is -2.07. The van der Waals surface area contributed by atoms with Crippen LogP contribution in [0.4, 0.5) is 0 Å². The molecule has 0 amide bonds. The summed E-state index contributed by atoms with van der Waals surface area (Å²) >= 11 is 3.27. The molecule has 5 nitrogen and oxygen atoms in total. The maximum absolute atomic E-state index is 12.0. The van der Waals surface area contributed by atoms with Gasteiger partial charge in [-0.3, -0.25) is 4.18 Å². The Bertz CT molecular complexity index is 732. The maximum atomic E-state index is 12.0. The van der Waals surface area contributed by atoms with E-state index in [0.717, 1.165) is 16.5 Å². The summed E-state index contributed by atoms with van der Waals surface area (Å²) in [4.78, 5) is 0.150. The van der Waals surface area contributed by atoms with E-state index >= 15 is 0 Å². The van der Waals surface area contributed by atoms with Crippen LogP contribution in [0.3, 0.4) is 0 Å². The van der Waals surface area contributed by atoms with Crippen molar-refractivity contribution in [2.24, 2.45) is 0 Å². The van der Waals surface area contributed by atoms with Gasteiger partial charge in [0.15, 0.2) is 0 Å². The highest BCUT2D eigenvalue weighted by atomic mass is 79.9. The summed E-state index contributed by atoms with van der Waals surface area (Å²) in [5.41, 5.74) is 1.15. The Morgan fingerprint density at radius 2 is 1.38 bits per heavy atom. The van der Waals surface area contributed by atoms with Crippen LogP contribution in [-0.4, -0.2) is 34.8 Å². The number of benzene rings is 2. The lowest BCUT2D eigenvalue weighted by molar-refractivity contribution is 0.0716. The van der Waals surface area contributed by atoms with Gasteiger partial charge >= 0.3 is 0 Å². The van der Waals surface area contributed by atoms with Crippen molar-refractivity contribution < 1.29 is 22.1 Å². The molecule has 0 unspecified atom stereocenters. The van der Waals surface area contributed by atoms with E-state index in [0.29, 0.717) is 32.8 Å². The van der Waals surface area contributed by atoms with Crippen molar-refractivity contribution in [2.45, 2.75) is 24.3 Å². The van der Waals surface area contributed by atoms with Gasteiger partial charge in [0.05, 0.1) is 18.1 Å². The summed E-state index contributed by atoms with van der Waals surface area (Å²) in [7, 11) is -3.70. The van der Waals surface area contributed by atoms with Crippen molar-refractivity contribution in [1.82, 2.24) is 0 Å². The number of halogens is 1. The van der Waals surface area contributed by atoms with Crippen molar-refractivity contribution in [3.05, 3.63) is 64.6 Å². The van der Waals surface area contributed by atoms with Gasteiger partial charge in [-0.05, 0) is 42.7 Å². The minimum atomic E-state index is -3.70. The molecule has 142 valence electrons. The molecule has 0 spiro atoms. The number of hydrogen-bond donors (Lipinski definition) is 0. The molecule has 7 heteroatoms. The first kappa shape index (κ1) is 21.1. The van der Waals surface area contributed by atoms with Gasteiger partial charge in [0.1, 0.15) is 0 Å². The van der Waals surface area contributed by atoms with Crippen molar-refractivity contribution >= 4 is 26.0 Å². The Morgan fingerprint density at radius 3 is 2.08 bits per heavy atom.